The molecule has 3 rings (SSSR count). The summed E-state index contributed by atoms with van der Waals surface area (Å²) in [6.45, 7) is 0. The van der Waals surface area contributed by atoms with E-state index in [-0.39, 0.29) is 17.2 Å². The summed E-state index contributed by atoms with van der Waals surface area (Å²) in [5, 5.41) is 7.88. The largest absolute Gasteiger partial charge is 0.487 e. The lowest BCUT2D eigenvalue weighted by Crippen LogP contribution is -2.26. The number of hydrogen-bond acceptors (Lipinski definition) is 5. The van der Waals surface area contributed by atoms with Crippen molar-refractivity contribution in [3.63, 3.8) is 0 Å². The number of anilines is 1. The average molecular weight is 347 g/mol. The van der Waals surface area contributed by atoms with Gasteiger partial charge in [0.2, 0.25) is 15.9 Å². The Bertz CT molecular complexity index is 849. The van der Waals surface area contributed by atoms with Gasteiger partial charge in [0.05, 0.1) is 23.2 Å². The molecule has 2 aromatic rings. The Morgan fingerprint density at radius 1 is 1.29 bits per heavy atom. The van der Waals surface area contributed by atoms with Crippen LogP contribution in [0.25, 0.3) is 0 Å². The van der Waals surface area contributed by atoms with E-state index in [2.05, 4.69) is 10.3 Å². The first-order chi connectivity index (χ1) is 11.4. The Balaban J connectivity index is 1.66. The van der Waals surface area contributed by atoms with Crippen molar-refractivity contribution in [2.45, 2.75) is 29.8 Å². The number of hydrogen-bond donors (Lipinski definition) is 2. The molecule has 1 amide bonds. The van der Waals surface area contributed by atoms with Crippen LogP contribution in [0.4, 0.5) is 5.69 Å². The number of carbonyl (C=O) groups excluding carboxylic acids is 1. The molecule has 1 aromatic heterocycles. The molecule has 0 saturated heterocycles. The molecule has 0 atom stereocenters. The second kappa shape index (κ2) is 6.21. The normalized spacial score (nSPS) is 15.5. The zero-order valence-corrected chi connectivity index (χ0v) is 13.6. The molecule has 1 aliphatic carbocycles. The number of sulfonamides is 1. The maximum Gasteiger partial charge on any atom is 0.238 e. The van der Waals surface area contributed by atoms with E-state index >= 15 is 0 Å². The molecule has 1 heterocycles. The van der Waals surface area contributed by atoms with E-state index in [1.807, 2.05) is 0 Å². The number of benzene rings is 1. The van der Waals surface area contributed by atoms with Crippen molar-refractivity contribution in [1.29, 1.82) is 0 Å². The van der Waals surface area contributed by atoms with Crippen molar-refractivity contribution in [1.82, 2.24) is 4.98 Å². The molecule has 8 heteroatoms. The first kappa shape index (κ1) is 16.4. The molecule has 7 nitrogen and oxygen atoms in total. The molecule has 1 fully saturated rings. The number of primary sulfonamides is 1. The molecule has 0 unspecified atom stereocenters. The van der Waals surface area contributed by atoms with Gasteiger partial charge in [-0.05, 0) is 37.1 Å². The third-order valence-electron chi connectivity index (χ3n) is 3.70. The summed E-state index contributed by atoms with van der Waals surface area (Å²) in [5.74, 6) is 0.205. The van der Waals surface area contributed by atoms with E-state index in [1.54, 1.807) is 36.7 Å². The van der Waals surface area contributed by atoms with Crippen molar-refractivity contribution < 1.29 is 17.9 Å². The molecule has 0 aliphatic heterocycles. The highest BCUT2D eigenvalue weighted by Gasteiger charge is 2.47. The van der Waals surface area contributed by atoms with E-state index in [1.165, 1.54) is 12.1 Å². The predicted molar refractivity (Wildman–Crippen MR) is 87.9 cm³/mol. The van der Waals surface area contributed by atoms with Gasteiger partial charge in [0.15, 0.2) is 0 Å². The van der Waals surface area contributed by atoms with Crippen LogP contribution < -0.4 is 15.2 Å². The second-order valence-electron chi connectivity index (χ2n) is 5.77. The maximum atomic E-state index is 12.1. The zero-order valence-electron chi connectivity index (χ0n) is 12.8. The van der Waals surface area contributed by atoms with E-state index in [4.69, 9.17) is 9.88 Å². The smallest absolute Gasteiger partial charge is 0.238 e. The molecular weight excluding hydrogens is 330 g/mol. The molecule has 0 bridgehead atoms. The van der Waals surface area contributed by atoms with Gasteiger partial charge in [-0.2, -0.15) is 0 Å². The molecular formula is C16H17N3O4S. The van der Waals surface area contributed by atoms with Gasteiger partial charge < -0.3 is 10.1 Å². The molecule has 0 radical (unpaired) electrons. The van der Waals surface area contributed by atoms with Gasteiger partial charge in [-0.1, -0.05) is 6.07 Å². The maximum absolute atomic E-state index is 12.1. The fourth-order valence-corrected chi connectivity index (χ4v) is 2.90. The number of pyridine rings is 1. The minimum atomic E-state index is -3.79. The Hall–Kier alpha value is -2.45. The number of amides is 1. The third kappa shape index (κ3) is 4.09. The minimum absolute atomic E-state index is 0.0180. The van der Waals surface area contributed by atoms with Crippen molar-refractivity contribution in [3.8, 4) is 5.75 Å². The molecule has 0 spiro atoms. The molecule has 1 aromatic carbocycles. The van der Waals surface area contributed by atoms with Crippen LogP contribution >= 0.6 is 0 Å². The highest BCUT2D eigenvalue weighted by atomic mass is 32.2. The fraction of sp³-hybridized carbons (Fsp3) is 0.250. The summed E-state index contributed by atoms with van der Waals surface area (Å²) >= 11 is 0. The first-order valence-corrected chi connectivity index (χ1v) is 8.93. The van der Waals surface area contributed by atoms with E-state index in [0.717, 1.165) is 12.8 Å². The van der Waals surface area contributed by atoms with Gasteiger partial charge in [-0.25, -0.2) is 13.6 Å². The Labute approximate surface area is 139 Å². The van der Waals surface area contributed by atoms with Gasteiger partial charge in [0, 0.05) is 12.3 Å². The number of nitrogens with zero attached hydrogens (tertiary/aromatic N) is 1. The van der Waals surface area contributed by atoms with Crippen LogP contribution in [0.2, 0.25) is 0 Å². The zero-order chi connectivity index (χ0) is 17.2. The van der Waals surface area contributed by atoms with E-state index in [9.17, 15) is 13.2 Å². The summed E-state index contributed by atoms with van der Waals surface area (Å²) in [6.07, 6.45) is 4.83. The third-order valence-corrected chi connectivity index (χ3v) is 4.62. The highest BCUT2D eigenvalue weighted by molar-refractivity contribution is 7.89. The number of carbonyl (C=O) groups is 1. The second-order valence-corrected chi connectivity index (χ2v) is 7.33. The standard InChI is InChI=1S/C16H17N3O4S/c17-24(21,22)14-5-1-4-13(9-14)23-16(6-7-16)10-15(20)19-12-3-2-8-18-11-12/h1-5,8-9,11H,6-7,10H2,(H,19,20)(H2,17,21,22). The lowest BCUT2D eigenvalue weighted by molar-refractivity contribution is -0.118. The quantitative estimate of drug-likeness (QED) is 0.825. The van der Waals surface area contributed by atoms with Gasteiger partial charge in [0.1, 0.15) is 11.4 Å². The van der Waals surface area contributed by atoms with Gasteiger partial charge in [0.25, 0.3) is 0 Å². The molecule has 126 valence electrons. The van der Waals surface area contributed by atoms with E-state index < -0.39 is 15.6 Å². The topological polar surface area (TPSA) is 111 Å². The molecule has 3 N–H and O–H groups in total. The summed E-state index contributed by atoms with van der Waals surface area (Å²) < 4.78 is 28.7. The molecule has 1 aliphatic rings. The van der Waals surface area contributed by atoms with Crippen LogP contribution in [0, 0.1) is 0 Å². The van der Waals surface area contributed by atoms with Crippen molar-refractivity contribution in [3.05, 3.63) is 48.8 Å². The number of ether oxygens (including phenoxy) is 1. The minimum Gasteiger partial charge on any atom is -0.487 e. The van der Waals surface area contributed by atoms with Crippen LogP contribution in [0.3, 0.4) is 0 Å². The lowest BCUT2D eigenvalue weighted by Gasteiger charge is -2.18. The van der Waals surface area contributed by atoms with Crippen LogP contribution in [0.5, 0.6) is 5.75 Å². The van der Waals surface area contributed by atoms with Gasteiger partial charge >= 0.3 is 0 Å². The Morgan fingerprint density at radius 3 is 2.71 bits per heavy atom. The predicted octanol–water partition coefficient (Wildman–Crippen LogP) is 1.67. The van der Waals surface area contributed by atoms with Crippen molar-refractivity contribution in [2.24, 2.45) is 5.14 Å². The van der Waals surface area contributed by atoms with Gasteiger partial charge in [-0.15, -0.1) is 0 Å². The summed E-state index contributed by atoms with van der Waals surface area (Å²) in [4.78, 5) is 16.1. The summed E-state index contributed by atoms with van der Waals surface area (Å²) in [6, 6.07) is 9.46. The number of nitrogens with one attached hydrogen (secondary N) is 1. The first-order valence-electron chi connectivity index (χ1n) is 7.38. The van der Waals surface area contributed by atoms with E-state index in [0.29, 0.717) is 11.4 Å². The van der Waals surface area contributed by atoms with Crippen LogP contribution in [-0.2, 0) is 14.8 Å². The fourth-order valence-electron chi connectivity index (χ4n) is 2.35. The monoisotopic (exact) mass is 347 g/mol. The number of aromatic nitrogens is 1. The van der Waals surface area contributed by atoms with Crippen LogP contribution in [0.1, 0.15) is 19.3 Å². The molecule has 24 heavy (non-hydrogen) atoms. The highest BCUT2D eigenvalue weighted by Crippen LogP contribution is 2.43. The van der Waals surface area contributed by atoms with Crippen LogP contribution in [0.15, 0.2) is 53.7 Å². The van der Waals surface area contributed by atoms with Crippen molar-refractivity contribution >= 4 is 21.6 Å². The Kier molecular flexibility index (Phi) is 4.25. The molecule has 1 saturated carbocycles. The SMILES string of the molecule is NS(=O)(=O)c1cccc(OC2(CC(=O)Nc3cccnc3)CC2)c1. The van der Waals surface area contributed by atoms with Crippen LogP contribution in [-0.4, -0.2) is 24.9 Å². The van der Waals surface area contributed by atoms with Gasteiger partial charge in [-0.3, -0.25) is 9.78 Å². The van der Waals surface area contributed by atoms with Crippen molar-refractivity contribution in [2.75, 3.05) is 5.32 Å². The summed E-state index contributed by atoms with van der Waals surface area (Å²) in [5.41, 5.74) is 0.0260. The number of rotatable bonds is 6. The lowest BCUT2D eigenvalue weighted by atomic mass is 10.2. The average Bonchev–Trinajstić information content (AvgIpc) is 3.26. The summed E-state index contributed by atoms with van der Waals surface area (Å²) in [7, 11) is -3.79. The Morgan fingerprint density at radius 2 is 2.08 bits per heavy atom. The number of nitrogens with two attached hydrogens (primary N) is 1.